The first-order valence-corrected chi connectivity index (χ1v) is 8.85. The van der Waals surface area contributed by atoms with E-state index in [1.54, 1.807) is 11.3 Å². The molecule has 1 atom stereocenters. The molecule has 0 aliphatic carbocycles. The van der Waals surface area contributed by atoms with Crippen molar-refractivity contribution in [2.45, 2.75) is 24.5 Å². The number of rotatable bonds is 4. The molecule has 0 bridgehead atoms. The van der Waals surface area contributed by atoms with Gasteiger partial charge in [0.15, 0.2) is 0 Å². The Kier molecular flexibility index (Phi) is 3.91. The summed E-state index contributed by atoms with van der Waals surface area (Å²) in [6, 6.07) is 3.86. The fraction of sp³-hybridized carbons (Fsp3) is 0.385. The van der Waals surface area contributed by atoms with Crippen molar-refractivity contribution in [3.05, 3.63) is 27.4 Å². The van der Waals surface area contributed by atoms with Crippen molar-refractivity contribution >= 4 is 40.4 Å². The third-order valence-corrected chi connectivity index (χ3v) is 6.57. The van der Waals surface area contributed by atoms with Crippen molar-refractivity contribution in [2.24, 2.45) is 0 Å². The number of aliphatic carboxylic acids is 1. The second kappa shape index (κ2) is 5.64. The number of hydrogen-bond donors (Lipinski definition) is 1. The number of carbonyl (C=O) groups is 1. The van der Waals surface area contributed by atoms with Crippen LogP contribution in [0, 0.1) is 0 Å². The largest absolute Gasteiger partial charge is 0.481 e. The summed E-state index contributed by atoms with van der Waals surface area (Å²) in [4.78, 5) is 17.4. The van der Waals surface area contributed by atoms with Crippen LogP contribution in [0.1, 0.15) is 28.0 Å². The van der Waals surface area contributed by atoms with E-state index in [1.165, 1.54) is 34.9 Å². The fourth-order valence-electron chi connectivity index (χ4n) is 2.08. The van der Waals surface area contributed by atoms with Gasteiger partial charge < -0.3 is 5.11 Å². The molecule has 0 spiro atoms. The minimum atomic E-state index is -0.783. The highest BCUT2D eigenvalue weighted by Gasteiger charge is 2.21. The molecule has 100 valence electrons. The Bertz CT molecular complexity index is 584. The Morgan fingerprint density at radius 3 is 3.11 bits per heavy atom. The second-order valence-electron chi connectivity index (χ2n) is 4.41. The van der Waals surface area contributed by atoms with Gasteiger partial charge in [-0.1, -0.05) is 0 Å². The van der Waals surface area contributed by atoms with Gasteiger partial charge in [-0.25, -0.2) is 4.98 Å². The van der Waals surface area contributed by atoms with Crippen LogP contribution in [0.4, 0.5) is 0 Å². The van der Waals surface area contributed by atoms with Crippen LogP contribution in [0.25, 0.3) is 10.6 Å². The van der Waals surface area contributed by atoms with E-state index in [0.29, 0.717) is 5.25 Å². The van der Waals surface area contributed by atoms with E-state index in [9.17, 15) is 4.79 Å². The van der Waals surface area contributed by atoms with Crippen LogP contribution in [0.5, 0.6) is 0 Å². The van der Waals surface area contributed by atoms with Crippen LogP contribution in [0.3, 0.4) is 0 Å². The van der Waals surface area contributed by atoms with Crippen molar-refractivity contribution in [3.8, 4) is 10.6 Å². The Morgan fingerprint density at radius 2 is 2.37 bits per heavy atom. The number of carboxylic acid groups (broad SMARTS) is 1. The Balaban J connectivity index is 1.78. The number of carboxylic acids is 1. The molecule has 3 nitrogen and oxygen atoms in total. The van der Waals surface area contributed by atoms with Gasteiger partial charge in [-0.2, -0.15) is 11.8 Å². The molecule has 1 aliphatic rings. The summed E-state index contributed by atoms with van der Waals surface area (Å²) in [5.41, 5.74) is 0.995. The number of thiophene rings is 1. The Labute approximate surface area is 123 Å². The van der Waals surface area contributed by atoms with E-state index in [0.717, 1.165) is 15.4 Å². The second-order valence-corrected chi connectivity index (χ2v) is 7.78. The summed E-state index contributed by atoms with van der Waals surface area (Å²) in [7, 11) is 0. The topological polar surface area (TPSA) is 50.2 Å². The molecule has 2 aromatic rings. The molecule has 1 saturated heterocycles. The molecule has 19 heavy (non-hydrogen) atoms. The van der Waals surface area contributed by atoms with Gasteiger partial charge in [-0.3, -0.25) is 4.79 Å². The summed E-state index contributed by atoms with van der Waals surface area (Å²) in [5, 5.41) is 12.7. The first kappa shape index (κ1) is 13.1. The van der Waals surface area contributed by atoms with Gasteiger partial charge >= 0.3 is 5.97 Å². The number of aromatic nitrogens is 1. The lowest BCUT2D eigenvalue weighted by atomic mass is 10.2. The smallest absolute Gasteiger partial charge is 0.308 e. The van der Waals surface area contributed by atoms with Gasteiger partial charge in [0.2, 0.25) is 0 Å². The van der Waals surface area contributed by atoms with Crippen LogP contribution >= 0.6 is 34.4 Å². The lowest BCUT2D eigenvalue weighted by Crippen LogP contribution is -1.96. The summed E-state index contributed by atoms with van der Waals surface area (Å²) >= 11 is 5.24. The van der Waals surface area contributed by atoms with Crippen LogP contribution < -0.4 is 0 Å². The minimum Gasteiger partial charge on any atom is -0.481 e. The lowest BCUT2D eigenvalue weighted by molar-refractivity contribution is -0.136. The number of hydrogen-bond acceptors (Lipinski definition) is 5. The first-order valence-electron chi connectivity index (χ1n) is 6.10. The third kappa shape index (κ3) is 3.01. The maximum Gasteiger partial charge on any atom is 0.308 e. The average molecular weight is 311 g/mol. The molecule has 0 radical (unpaired) electrons. The summed E-state index contributed by atoms with van der Waals surface area (Å²) in [6.07, 6.45) is 2.61. The van der Waals surface area contributed by atoms with Crippen LogP contribution in [0.2, 0.25) is 0 Å². The fourth-order valence-corrected chi connectivity index (χ4v) is 5.46. The van der Waals surface area contributed by atoms with Gasteiger partial charge in [-0.05, 0) is 30.7 Å². The molecular weight excluding hydrogens is 298 g/mol. The third-order valence-electron chi connectivity index (χ3n) is 2.97. The minimum absolute atomic E-state index is 0.0974. The van der Waals surface area contributed by atoms with Crippen molar-refractivity contribution < 1.29 is 9.90 Å². The van der Waals surface area contributed by atoms with E-state index < -0.39 is 5.97 Å². The zero-order chi connectivity index (χ0) is 13.2. The molecule has 3 rings (SSSR count). The van der Waals surface area contributed by atoms with Crippen molar-refractivity contribution in [1.29, 1.82) is 0 Å². The number of thioether (sulfide) groups is 1. The summed E-state index contributed by atoms with van der Waals surface area (Å²) < 4.78 is 0. The van der Waals surface area contributed by atoms with E-state index >= 15 is 0 Å². The zero-order valence-electron chi connectivity index (χ0n) is 10.2. The molecule has 1 unspecified atom stereocenters. The molecule has 0 saturated carbocycles. The highest BCUT2D eigenvalue weighted by molar-refractivity contribution is 7.99. The van der Waals surface area contributed by atoms with Crippen molar-refractivity contribution in [3.63, 3.8) is 0 Å². The van der Waals surface area contributed by atoms with Gasteiger partial charge in [-0.15, -0.1) is 22.7 Å². The molecule has 2 aromatic heterocycles. The van der Waals surface area contributed by atoms with E-state index in [1.807, 2.05) is 23.9 Å². The van der Waals surface area contributed by atoms with Gasteiger partial charge in [0, 0.05) is 10.3 Å². The molecule has 6 heteroatoms. The lowest BCUT2D eigenvalue weighted by Gasteiger charge is -2.01. The molecule has 0 aromatic carbocycles. The highest BCUT2D eigenvalue weighted by atomic mass is 32.2. The molecule has 1 N–H and O–H groups in total. The molecule has 0 amide bonds. The number of thiazole rings is 1. The van der Waals surface area contributed by atoms with Crippen LogP contribution in [-0.2, 0) is 11.2 Å². The molecule has 3 heterocycles. The predicted octanol–water partition coefficient (Wildman–Crippen LogP) is 4.07. The predicted molar refractivity (Wildman–Crippen MR) is 81.2 cm³/mol. The van der Waals surface area contributed by atoms with Crippen LogP contribution in [-0.4, -0.2) is 21.8 Å². The quantitative estimate of drug-likeness (QED) is 0.925. The Morgan fingerprint density at radius 1 is 1.47 bits per heavy atom. The monoisotopic (exact) mass is 311 g/mol. The standard InChI is InChI=1S/C13H13NO2S3/c15-12(16)6-8-3-4-10(19-8)9-7-18-13(14-9)11-2-1-5-17-11/h3-4,7,11H,1-2,5-6H2,(H,15,16). The Hall–Kier alpha value is -0.850. The van der Waals surface area contributed by atoms with Crippen LogP contribution in [0.15, 0.2) is 17.5 Å². The zero-order valence-corrected chi connectivity index (χ0v) is 12.6. The maximum atomic E-state index is 10.7. The van der Waals surface area contributed by atoms with E-state index in [2.05, 4.69) is 5.38 Å². The average Bonchev–Trinajstić information content (AvgIpc) is 3.09. The normalized spacial score (nSPS) is 18.8. The van der Waals surface area contributed by atoms with Gasteiger partial charge in [0.1, 0.15) is 5.01 Å². The van der Waals surface area contributed by atoms with E-state index in [4.69, 9.17) is 10.1 Å². The van der Waals surface area contributed by atoms with Gasteiger partial charge in [0.25, 0.3) is 0 Å². The molecule has 1 aliphatic heterocycles. The molecular formula is C13H13NO2S3. The summed E-state index contributed by atoms with van der Waals surface area (Å²) in [6.45, 7) is 0. The highest BCUT2D eigenvalue weighted by Crippen LogP contribution is 2.42. The SMILES string of the molecule is O=C(O)Cc1ccc(-c2csc(C3CCCS3)n2)s1. The maximum absolute atomic E-state index is 10.7. The van der Waals surface area contributed by atoms with E-state index in [-0.39, 0.29) is 6.42 Å². The first-order chi connectivity index (χ1) is 9.22. The summed E-state index contributed by atoms with van der Waals surface area (Å²) in [5.74, 6) is 0.455. The van der Waals surface area contributed by atoms with Crippen molar-refractivity contribution in [2.75, 3.05) is 5.75 Å². The molecule has 1 fully saturated rings. The van der Waals surface area contributed by atoms with Crippen molar-refractivity contribution in [1.82, 2.24) is 4.98 Å². The number of nitrogens with zero attached hydrogens (tertiary/aromatic N) is 1. The van der Waals surface area contributed by atoms with Gasteiger partial charge in [0.05, 0.1) is 22.2 Å².